The molecule has 0 atom stereocenters. The van der Waals surface area contributed by atoms with Gasteiger partial charge in [0.15, 0.2) is 0 Å². The van der Waals surface area contributed by atoms with Crippen molar-refractivity contribution in [3.05, 3.63) is 28.2 Å². The van der Waals surface area contributed by atoms with Gasteiger partial charge in [-0.15, -0.1) is 0 Å². The third-order valence-electron chi connectivity index (χ3n) is 2.50. The topological polar surface area (TPSA) is 38.7 Å². The number of aliphatic hydroxyl groups excluding tert-OH is 1. The van der Waals surface area contributed by atoms with Crippen molar-refractivity contribution in [3.8, 4) is 5.75 Å². The fourth-order valence-corrected chi connectivity index (χ4v) is 1.93. The Labute approximate surface area is 117 Å². The fraction of sp³-hybridized carbons (Fsp3) is 0.571. The molecule has 0 aliphatic carbocycles. The molecule has 0 heterocycles. The average molecular weight is 317 g/mol. The van der Waals surface area contributed by atoms with Crippen LogP contribution in [0.4, 0.5) is 0 Å². The lowest BCUT2D eigenvalue weighted by atomic mass is 10.1. The number of ether oxygens (including phenoxy) is 2. The minimum absolute atomic E-state index is 0.0389. The average Bonchev–Trinajstić information content (AvgIpc) is 2.34. The van der Waals surface area contributed by atoms with Crippen LogP contribution in [0.5, 0.6) is 5.75 Å². The van der Waals surface area contributed by atoms with Gasteiger partial charge in [-0.3, -0.25) is 0 Å². The molecule has 0 saturated heterocycles. The molecule has 0 radical (unpaired) electrons. The number of aliphatic hydroxyl groups is 1. The summed E-state index contributed by atoms with van der Waals surface area (Å²) in [6.45, 7) is 6.32. The van der Waals surface area contributed by atoms with Gasteiger partial charge in [-0.1, -0.05) is 19.9 Å². The normalized spacial score (nSPS) is 10.9. The van der Waals surface area contributed by atoms with Crippen molar-refractivity contribution in [2.45, 2.75) is 26.9 Å². The molecule has 0 saturated carbocycles. The molecule has 0 aliphatic rings. The van der Waals surface area contributed by atoms with Crippen LogP contribution in [0.1, 0.15) is 25.8 Å². The number of rotatable bonds is 8. The van der Waals surface area contributed by atoms with E-state index < -0.39 is 0 Å². The van der Waals surface area contributed by atoms with Crippen LogP contribution >= 0.6 is 15.9 Å². The third-order valence-corrected chi connectivity index (χ3v) is 3.12. The summed E-state index contributed by atoms with van der Waals surface area (Å²) in [5, 5.41) is 8.99. The lowest BCUT2D eigenvalue weighted by molar-refractivity contribution is 0.0923. The molecule has 18 heavy (non-hydrogen) atoms. The van der Waals surface area contributed by atoms with Crippen molar-refractivity contribution in [2.75, 3.05) is 19.8 Å². The zero-order chi connectivity index (χ0) is 13.4. The van der Waals surface area contributed by atoms with Crippen molar-refractivity contribution in [3.63, 3.8) is 0 Å². The molecule has 0 spiro atoms. The maximum absolute atomic E-state index is 8.99. The van der Waals surface area contributed by atoms with E-state index in [1.807, 2.05) is 18.2 Å². The molecule has 3 nitrogen and oxygen atoms in total. The van der Waals surface area contributed by atoms with E-state index in [-0.39, 0.29) is 6.61 Å². The molecule has 0 aliphatic heterocycles. The lowest BCUT2D eigenvalue weighted by Gasteiger charge is -2.10. The molecular formula is C14H21BrO3. The van der Waals surface area contributed by atoms with Crippen LogP contribution in [0.15, 0.2) is 22.7 Å². The first-order valence-corrected chi connectivity index (χ1v) is 7.02. The van der Waals surface area contributed by atoms with E-state index in [9.17, 15) is 0 Å². The molecule has 0 aromatic heterocycles. The van der Waals surface area contributed by atoms with Gasteiger partial charge < -0.3 is 14.6 Å². The first-order valence-electron chi connectivity index (χ1n) is 6.23. The Morgan fingerprint density at radius 3 is 2.61 bits per heavy atom. The van der Waals surface area contributed by atoms with Gasteiger partial charge in [-0.2, -0.15) is 0 Å². The highest BCUT2D eigenvalue weighted by Gasteiger charge is 2.02. The highest BCUT2D eigenvalue weighted by Crippen LogP contribution is 2.25. The van der Waals surface area contributed by atoms with E-state index in [0.29, 0.717) is 19.1 Å². The molecule has 0 amide bonds. The summed E-state index contributed by atoms with van der Waals surface area (Å²) in [5.74, 6) is 1.45. The van der Waals surface area contributed by atoms with Crippen LogP contribution in [0.25, 0.3) is 0 Å². The summed E-state index contributed by atoms with van der Waals surface area (Å²) in [7, 11) is 0. The molecule has 102 valence electrons. The summed E-state index contributed by atoms with van der Waals surface area (Å²) < 4.78 is 11.9. The molecule has 1 aromatic carbocycles. The van der Waals surface area contributed by atoms with Crippen molar-refractivity contribution in [1.29, 1.82) is 0 Å². The fourth-order valence-electron chi connectivity index (χ4n) is 1.39. The van der Waals surface area contributed by atoms with E-state index in [0.717, 1.165) is 28.8 Å². The predicted octanol–water partition coefficient (Wildman–Crippen LogP) is 3.38. The first kappa shape index (κ1) is 15.5. The molecule has 1 aromatic rings. The van der Waals surface area contributed by atoms with Crippen molar-refractivity contribution < 1.29 is 14.6 Å². The third kappa shape index (κ3) is 5.85. The van der Waals surface area contributed by atoms with Gasteiger partial charge in [-0.05, 0) is 46.0 Å². The number of benzene rings is 1. The van der Waals surface area contributed by atoms with Crippen molar-refractivity contribution in [1.82, 2.24) is 0 Å². The van der Waals surface area contributed by atoms with Crippen LogP contribution in [0.3, 0.4) is 0 Å². The lowest BCUT2D eigenvalue weighted by Crippen LogP contribution is -2.09. The number of halogens is 1. The second kappa shape index (κ2) is 8.51. The Bertz CT molecular complexity index is 353. The zero-order valence-corrected chi connectivity index (χ0v) is 12.6. The van der Waals surface area contributed by atoms with Gasteiger partial charge in [-0.25, -0.2) is 0 Å². The summed E-state index contributed by atoms with van der Waals surface area (Å²) in [4.78, 5) is 0. The molecule has 1 rings (SSSR count). The maximum atomic E-state index is 8.99. The molecule has 0 bridgehead atoms. The number of hydrogen-bond donors (Lipinski definition) is 1. The predicted molar refractivity (Wildman–Crippen MR) is 75.8 cm³/mol. The van der Waals surface area contributed by atoms with Gasteiger partial charge in [0, 0.05) is 6.61 Å². The minimum atomic E-state index is 0.0389. The van der Waals surface area contributed by atoms with Gasteiger partial charge in [0.05, 0.1) is 17.7 Å². The Hall–Kier alpha value is -0.580. The van der Waals surface area contributed by atoms with Crippen LogP contribution in [0, 0.1) is 5.92 Å². The largest absolute Gasteiger partial charge is 0.490 e. The molecular weight excluding hydrogens is 296 g/mol. The molecule has 0 fully saturated rings. The first-order chi connectivity index (χ1) is 8.63. The Balaban J connectivity index is 2.23. The monoisotopic (exact) mass is 316 g/mol. The van der Waals surface area contributed by atoms with Gasteiger partial charge in [0.25, 0.3) is 0 Å². The van der Waals surface area contributed by atoms with Gasteiger partial charge >= 0.3 is 0 Å². The van der Waals surface area contributed by atoms with Crippen LogP contribution in [0.2, 0.25) is 0 Å². The summed E-state index contributed by atoms with van der Waals surface area (Å²) in [6, 6.07) is 5.55. The summed E-state index contributed by atoms with van der Waals surface area (Å²) >= 11 is 3.41. The maximum Gasteiger partial charge on any atom is 0.133 e. The Kier molecular flexibility index (Phi) is 7.32. The SMILES string of the molecule is CC(C)CCOCCOc1ccc(CO)cc1Br. The van der Waals surface area contributed by atoms with E-state index in [1.54, 1.807) is 0 Å². The quantitative estimate of drug-likeness (QED) is 0.747. The van der Waals surface area contributed by atoms with Gasteiger partial charge in [0.1, 0.15) is 12.4 Å². The van der Waals surface area contributed by atoms with E-state index in [4.69, 9.17) is 14.6 Å². The van der Waals surface area contributed by atoms with E-state index in [2.05, 4.69) is 29.8 Å². The van der Waals surface area contributed by atoms with Crippen molar-refractivity contribution in [2.24, 2.45) is 5.92 Å². The molecule has 1 N–H and O–H groups in total. The zero-order valence-electron chi connectivity index (χ0n) is 11.0. The van der Waals surface area contributed by atoms with Crippen LogP contribution in [-0.2, 0) is 11.3 Å². The van der Waals surface area contributed by atoms with Crippen LogP contribution in [-0.4, -0.2) is 24.9 Å². The highest BCUT2D eigenvalue weighted by molar-refractivity contribution is 9.10. The van der Waals surface area contributed by atoms with Crippen molar-refractivity contribution >= 4 is 15.9 Å². The highest BCUT2D eigenvalue weighted by atomic mass is 79.9. The minimum Gasteiger partial charge on any atom is -0.490 e. The smallest absolute Gasteiger partial charge is 0.133 e. The van der Waals surface area contributed by atoms with Crippen LogP contribution < -0.4 is 4.74 Å². The summed E-state index contributed by atoms with van der Waals surface area (Å²) in [5.41, 5.74) is 0.863. The van der Waals surface area contributed by atoms with Gasteiger partial charge in [0.2, 0.25) is 0 Å². The number of hydrogen-bond acceptors (Lipinski definition) is 3. The standard InChI is InChI=1S/C14H21BrO3/c1-11(2)5-6-17-7-8-18-14-4-3-12(10-16)9-13(14)15/h3-4,9,11,16H,5-8,10H2,1-2H3. The molecule has 4 heteroatoms. The summed E-state index contributed by atoms with van der Waals surface area (Å²) in [6.07, 6.45) is 1.08. The Morgan fingerprint density at radius 2 is 2.00 bits per heavy atom. The second-order valence-electron chi connectivity index (χ2n) is 4.57. The van der Waals surface area contributed by atoms with E-state index in [1.165, 1.54) is 0 Å². The molecule has 0 unspecified atom stereocenters. The Morgan fingerprint density at radius 1 is 1.22 bits per heavy atom. The second-order valence-corrected chi connectivity index (χ2v) is 5.42. The van der Waals surface area contributed by atoms with E-state index >= 15 is 0 Å².